The third-order valence-electron chi connectivity index (χ3n) is 10.2. The van der Waals surface area contributed by atoms with Crippen LogP contribution < -0.4 is 10.7 Å². The number of nitrogens with zero attached hydrogens (tertiary/aromatic N) is 4. The van der Waals surface area contributed by atoms with Crippen LogP contribution in [0.4, 0.5) is 0 Å². The Balaban J connectivity index is 1.37. The first kappa shape index (κ1) is 30.1. The lowest BCUT2D eigenvalue weighted by atomic mass is 9.95. The zero-order valence-electron chi connectivity index (χ0n) is 27.6. The second-order valence-electron chi connectivity index (χ2n) is 12.6. The SMILES string of the molecule is CCN1C(=O)C(=C2/C(=C\C=c3\c4cccc5cccc(c54)n3C)CC/C2=C/C=c2/c3cccc4cccc(c43)n2C)C(=O)N(CC)C1=S. The zero-order valence-corrected chi connectivity index (χ0v) is 28.4. The molecule has 0 atom stereocenters. The third-order valence-corrected chi connectivity index (χ3v) is 10.7. The number of aromatic nitrogens is 2. The fraction of sp³-hybridized carbons (Fsp3) is 0.195. The molecule has 0 N–H and O–H groups in total. The number of likely N-dealkylation sites (N-methyl/N-ethyl adjacent to an activating group) is 2. The molecule has 0 spiro atoms. The number of aryl methyl sites for hydroxylation is 2. The highest BCUT2D eigenvalue weighted by Crippen LogP contribution is 2.40. The molecule has 3 heterocycles. The van der Waals surface area contributed by atoms with Crippen LogP contribution in [0.15, 0.2) is 107 Å². The predicted molar refractivity (Wildman–Crippen MR) is 200 cm³/mol. The second-order valence-corrected chi connectivity index (χ2v) is 13.0. The van der Waals surface area contributed by atoms with Crippen molar-refractivity contribution in [3.05, 3.63) is 118 Å². The van der Waals surface area contributed by atoms with Gasteiger partial charge in [0.15, 0.2) is 5.11 Å². The molecule has 6 aromatic rings. The van der Waals surface area contributed by atoms with Crippen LogP contribution in [0.25, 0.3) is 55.5 Å². The molecule has 1 saturated carbocycles. The van der Waals surface area contributed by atoms with Crippen molar-refractivity contribution in [2.24, 2.45) is 14.1 Å². The van der Waals surface area contributed by atoms with Gasteiger partial charge in [-0.1, -0.05) is 72.8 Å². The molecular weight excluding hydrogens is 613 g/mol. The highest BCUT2D eigenvalue weighted by atomic mass is 32.1. The van der Waals surface area contributed by atoms with E-state index in [0.29, 0.717) is 25.9 Å². The maximum absolute atomic E-state index is 14.1. The Morgan fingerprint density at radius 2 is 1.02 bits per heavy atom. The third kappa shape index (κ3) is 4.34. The molecule has 0 radical (unpaired) electrons. The van der Waals surface area contributed by atoms with E-state index in [1.54, 1.807) is 9.80 Å². The van der Waals surface area contributed by atoms with Gasteiger partial charge in [-0.05, 0) is 90.7 Å². The number of amides is 2. The fourth-order valence-electron chi connectivity index (χ4n) is 7.84. The van der Waals surface area contributed by atoms with E-state index in [0.717, 1.165) is 27.4 Å². The quantitative estimate of drug-likeness (QED) is 0.123. The number of rotatable bonds is 4. The number of carbonyl (C=O) groups excluding carboxylic acids is 2. The van der Waals surface area contributed by atoms with Crippen molar-refractivity contribution in [3.8, 4) is 0 Å². The Bertz CT molecular complexity index is 2390. The predicted octanol–water partition coefficient (Wildman–Crippen LogP) is 6.61. The minimum absolute atomic E-state index is 0.203. The van der Waals surface area contributed by atoms with E-state index in [-0.39, 0.29) is 22.5 Å². The lowest BCUT2D eigenvalue weighted by Gasteiger charge is -2.36. The van der Waals surface area contributed by atoms with E-state index in [1.807, 2.05) is 13.8 Å². The summed E-state index contributed by atoms with van der Waals surface area (Å²) in [7, 11) is 4.18. The molecule has 1 aliphatic heterocycles. The Morgan fingerprint density at radius 3 is 1.44 bits per heavy atom. The molecule has 238 valence electrons. The van der Waals surface area contributed by atoms with Crippen molar-refractivity contribution in [3.63, 3.8) is 0 Å². The summed E-state index contributed by atoms with van der Waals surface area (Å²) in [6, 6.07) is 25.6. The van der Waals surface area contributed by atoms with E-state index in [1.165, 1.54) is 43.4 Å². The summed E-state index contributed by atoms with van der Waals surface area (Å²) in [5, 5.41) is 9.70. The van der Waals surface area contributed by atoms with Crippen molar-refractivity contribution >= 4 is 84.6 Å². The Hall–Kier alpha value is -5.27. The van der Waals surface area contributed by atoms with Gasteiger partial charge in [0.2, 0.25) is 0 Å². The molecule has 0 unspecified atom stereocenters. The first-order chi connectivity index (χ1) is 23.3. The van der Waals surface area contributed by atoms with Crippen LogP contribution in [0.1, 0.15) is 26.7 Å². The van der Waals surface area contributed by atoms with Gasteiger partial charge in [0, 0.05) is 70.5 Å². The van der Waals surface area contributed by atoms with Gasteiger partial charge < -0.3 is 9.13 Å². The number of hydrogen-bond donors (Lipinski definition) is 0. The van der Waals surface area contributed by atoms with E-state index >= 15 is 0 Å². The van der Waals surface area contributed by atoms with Crippen molar-refractivity contribution < 1.29 is 9.59 Å². The molecule has 2 fully saturated rings. The van der Waals surface area contributed by atoms with Crippen molar-refractivity contribution in [1.82, 2.24) is 18.9 Å². The summed E-state index contributed by atoms with van der Waals surface area (Å²) in [4.78, 5) is 31.4. The molecule has 7 heteroatoms. The summed E-state index contributed by atoms with van der Waals surface area (Å²) < 4.78 is 4.44. The summed E-state index contributed by atoms with van der Waals surface area (Å²) in [6.45, 7) is 4.58. The number of hydrogen-bond acceptors (Lipinski definition) is 3. The Labute approximate surface area is 284 Å². The van der Waals surface area contributed by atoms with Gasteiger partial charge in [0.05, 0.1) is 0 Å². The van der Waals surface area contributed by atoms with E-state index in [4.69, 9.17) is 12.2 Å². The lowest BCUT2D eigenvalue weighted by Crippen LogP contribution is -2.56. The largest absolute Gasteiger partial charge is 0.344 e. The standard InChI is InChI=1S/C41H36N4O2S/c1-5-44-39(46)38(40(47)45(6-2)41(44)48)35-27(21-23-31-29-15-7-11-25-13-9-17-33(36(25)29)42(31)3)19-20-28(35)22-24-32-30-16-8-12-26-14-10-18-34(37(26)30)43(32)4/h7-18,21-24H,5-6,19-20H2,1-4H3/b27-21-,28-22-,31-23-,32-24-. The average Bonchev–Trinajstić information content (AvgIpc) is 3.71. The van der Waals surface area contributed by atoms with Gasteiger partial charge in [0.1, 0.15) is 5.57 Å². The van der Waals surface area contributed by atoms with Crippen molar-refractivity contribution in [1.29, 1.82) is 0 Å². The first-order valence-electron chi connectivity index (χ1n) is 16.6. The Morgan fingerprint density at radius 1 is 0.604 bits per heavy atom. The molecule has 8 rings (SSSR count). The van der Waals surface area contributed by atoms with Crippen LogP contribution in [0.3, 0.4) is 0 Å². The van der Waals surface area contributed by atoms with Crippen molar-refractivity contribution in [2.45, 2.75) is 26.7 Å². The van der Waals surface area contributed by atoms with Gasteiger partial charge in [-0.25, -0.2) is 0 Å². The summed E-state index contributed by atoms with van der Waals surface area (Å²) in [5.41, 5.74) is 5.23. The number of benzene rings is 4. The van der Waals surface area contributed by atoms with Crippen molar-refractivity contribution in [2.75, 3.05) is 13.1 Å². The monoisotopic (exact) mass is 648 g/mol. The van der Waals surface area contributed by atoms with Gasteiger partial charge in [-0.15, -0.1) is 0 Å². The molecule has 2 amide bonds. The molecule has 4 aromatic carbocycles. The van der Waals surface area contributed by atoms with Crippen LogP contribution in [-0.2, 0) is 23.7 Å². The Kier molecular flexibility index (Phi) is 7.18. The van der Waals surface area contributed by atoms with E-state index in [9.17, 15) is 9.59 Å². The molecule has 0 bridgehead atoms. The number of thiocarbonyl (C=S) groups is 1. The summed E-state index contributed by atoms with van der Waals surface area (Å²) in [6.07, 6.45) is 9.95. The van der Waals surface area contributed by atoms with Crippen LogP contribution >= 0.6 is 12.2 Å². The fourth-order valence-corrected chi connectivity index (χ4v) is 8.27. The molecule has 1 aliphatic carbocycles. The lowest BCUT2D eigenvalue weighted by molar-refractivity contribution is -0.133. The van der Waals surface area contributed by atoms with Gasteiger partial charge in [0.25, 0.3) is 11.8 Å². The van der Waals surface area contributed by atoms with Crippen LogP contribution in [0, 0.1) is 0 Å². The molecule has 48 heavy (non-hydrogen) atoms. The van der Waals surface area contributed by atoms with Crippen LogP contribution in [0.5, 0.6) is 0 Å². The maximum atomic E-state index is 14.1. The smallest absolute Gasteiger partial charge is 0.266 e. The summed E-state index contributed by atoms with van der Waals surface area (Å²) in [5.74, 6) is -0.645. The van der Waals surface area contributed by atoms with E-state index < -0.39 is 0 Å². The van der Waals surface area contributed by atoms with Gasteiger partial charge >= 0.3 is 0 Å². The maximum Gasteiger partial charge on any atom is 0.266 e. The topological polar surface area (TPSA) is 50.5 Å². The van der Waals surface area contributed by atoms with Crippen LogP contribution in [-0.4, -0.2) is 49.0 Å². The molecule has 2 aromatic heterocycles. The normalized spacial score (nSPS) is 18.7. The molecule has 1 saturated heterocycles. The highest BCUT2D eigenvalue weighted by molar-refractivity contribution is 7.80. The number of carbonyl (C=O) groups is 2. The molecular formula is C41H36N4O2S. The molecule has 2 aliphatic rings. The van der Waals surface area contributed by atoms with Gasteiger partial charge in [-0.3, -0.25) is 19.4 Å². The highest BCUT2D eigenvalue weighted by Gasteiger charge is 2.41. The second kappa shape index (κ2) is 11.5. The number of allylic oxidation sites excluding steroid dienone is 5. The van der Waals surface area contributed by atoms with Gasteiger partial charge in [-0.2, -0.15) is 0 Å². The first-order valence-corrected chi connectivity index (χ1v) is 17.0. The van der Waals surface area contributed by atoms with Crippen LogP contribution in [0.2, 0.25) is 0 Å². The average molecular weight is 649 g/mol. The summed E-state index contributed by atoms with van der Waals surface area (Å²) >= 11 is 5.62. The van der Waals surface area contributed by atoms with E-state index in [2.05, 4.69) is 120 Å². The minimum Gasteiger partial charge on any atom is -0.344 e. The molecule has 6 nitrogen and oxygen atoms in total. The zero-order chi connectivity index (χ0) is 33.3. The minimum atomic E-state index is -0.323.